The molecule has 9 heteroatoms. The van der Waals surface area contributed by atoms with Crippen LogP contribution in [0.4, 0.5) is 0 Å². The third-order valence-electron chi connectivity index (χ3n) is 3.57. The van der Waals surface area contributed by atoms with Crippen molar-refractivity contribution in [2.75, 3.05) is 0 Å². The number of aromatic nitrogens is 2. The van der Waals surface area contributed by atoms with Crippen LogP contribution in [0.25, 0.3) is 0 Å². The fraction of sp³-hybridized carbons (Fsp3) is 0.278. The van der Waals surface area contributed by atoms with Gasteiger partial charge < -0.3 is 20.3 Å². The number of nitrogens with zero attached hydrogens (tertiary/aromatic N) is 2. The number of aromatic amines is 1. The predicted octanol–water partition coefficient (Wildman–Crippen LogP) is 2.52. The molecule has 1 aromatic heterocycles. The summed E-state index contributed by atoms with van der Waals surface area (Å²) in [5, 5.41) is 34.3. The minimum Gasteiger partial charge on any atom is -0.478 e. The zero-order valence-corrected chi connectivity index (χ0v) is 14.8. The van der Waals surface area contributed by atoms with Crippen LogP contribution >= 0.6 is 0 Å². The Morgan fingerprint density at radius 1 is 1.11 bits per heavy atom. The van der Waals surface area contributed by atoms with Crippen LogP contribution in [-0.4, -0.2) is 43.2 Å². The topological polar surface area (TPSA) is 164 Å². The van der Waals surface area contributed by atoms with Crippen molar-refractivity contribution < 1.29 is 29.7 Å². The first kappa shape index (κ1) is 21.4. The third-order valence-corrected chi connectivity index (χ3v) is 3.57. The number of imidazole rings is 1. The van der Waals surface area contributed by atoms with Gasteiger partial charge in [-0.1, -0.05) is 6.92 Å². The molecule has 1 heterocycles. The summed E-state index contributed by atoms with van der Waals surface area (Å²) < 4.78 is 0. The molecule has 0 bridgehead atoms. The number of aryl methyl sites for hydroxylation is 3. The molecule has 0 spiro atoms. The molecule has 2 aromatic rings. The second-order valence-electron chi connectivity index (χ2n) is 5.44. The summed E-state index contributed by atoms with van der Waals surface area (Å²) in [5.74, 6) is -3.19. The van der Waals surface area contributed by atoms with Gasteiger partial charge in [0.2, 0.25) is 0 Å². The van der Waals surface area contributed by atoms with Gasteiger partial charge in [-0.05, 0) is 25.1 Å². The summed E-state index contributed by atoms with van der Waals surface area (Å²) in [4.78, 5) is 39.3. The van der Waals surface area contributed by atoms with E-state index in [0.717, 1.165) is 48.3 Å². The molecule has 4 N–H and O–H groups in total. The molecule has 27 heavy (non-hydrogen) atoms. The van der Waals surface area contributed by atoms with Gasteiger partial charge in [0, 0.05) is 25.0 Å². The smallest absolute Gasteiger partial charge is 0.336 e. The Morgan fingerprint density at radius 2 is 1.74 bits per heavy atom. The van der Waals surface area contributed by atoms with Gasteiger partial charge in [-0.25, -0.2) is 19.4 Å². The van der Waals surface area contributed by atoms with E-state index in [2.05, 4.69) is 23.0 Å². The van der Waals surface area contributed by atoms with Gasteiger partial charge in [-0.3, -0.25) is 0 Å². The highest BCUT2D eigenvalue weighted by molar-refractivity contribution is 6.03. The monoisotopic (exact) mass is 373 g/mol. The van der Waals surface area contributed by atoms with Crippen molar-refractivity contribution in [3.8, 4) is 6.07 Å². The van der Waals surface area contributed by atoms with Crippen molar-refractivity contribution >= 4 is 17.9 Å². The Morgan fingerprint density at radius 3 is 2.19 bits per heavy atom. The molecular weight excluding hydrogens is 354 g/mol. The minimum absolute atomic E-state index is 0.266. The Kier molecular flexibility index (Phi) is 7.69. The predicted molar refractivity (Wildman–Crippen MR) is 94.0 cm³/mol. The van der Waals surface area contributed by atoms with Crippen molar-refractivity contribution in [3.05, 3.63) is 52.1 Å². The van der Waals surface area contributed by atoms with Crippen molar-refractivity contribution in [2.45, 2.75) is 33.1 Å². The number of nitriles is 1. The standard InChI is InChI=1S/C9H13N3.C9H6O6/c1-3-9-11-7(2)8(12-9)5-4-6-10;10-7(11)4-1-2-5(8(12)13)6(3-4)9(14)15/h3-5H2,1-2H3,(H,11,12);1-3H,(H,10,11)(H,12,13)(H,14,15). The van der Waals surface area contributed by atoms with E-state index in [0.29, 0.717) is 6.42 Å². The van der Waals surface area contributed by atoms with Crippen LogP contribution in [0.15, 0.2) is 18.2 Å². The minimum atomic E-state index is -1.48. The van der Waals surface area contributed by atoms with Gasteiger partial charge in [-0.15, -0.1) is 0 Å². The van der Waals surface area contributed by atoms with E-state index in [4.69, 9.17) is 20.6 Å². The summed E-state index contributed by atoms with van der Waals surface area (Å²) in [6.45, 7) is 4.06. The fourth-order valence-electron chi connectivity index (χ4n) is 2.19. The van der Waals surface area contributed by atoms with Crippen LogP contribution in [0.1, 0.15) is 61.6 Å². The molecule has 9 nitrogen and oxygen atoms in total. The van der Waals surface area contributed by atoms with Crippen LogP contribution < -0.4 is 0 Å². The van der Waals surface area contributed by atoms with Crippen molar-refractivity contribution in [1.29, 1.82) is 5.26 Å². The van der Waals surface area contributed by atoms with E-state index >= 15 is 0 Å². The zero-order valence-electron chi connectivity index (χ0n) is 14.8. The number of hydrogen-bond donors (Lipinski definition) is 4. The van der Waals surface area contributed by atoms with Gasteiger partial charge >= 0.3 is 17.9 Å². The Bertz CT molecular complexity index is 895. The van der Waals surface area contributed by atoms with E-state index < -0.39 is 29.0 Å². The molecule has 0 radical (unpaired) electrons. The van der Waals surface area contributed by atoms with Crippen molar-refractivity contribution in [1.82, 2.24) is 9.97 Å². The molecule has 142 valence electrons. The lowest BCUT2D eigenvalue weighted by atomic mass is 10.0. The molecular formula is C18H19N3O6. The number of benzene rings is 1. The first-order valence-electron chi connectivity index (χ1n) is 7.96. The fourth-order valence-corrected chi connectivity index (χ4v) is 2.19. The average Bonchev–Trinajstić information content (AvgIpc) is 2.99. The maximum Gasteiger partial charge on any atom is 0.336 e. The Hall–Kier alpha value is -3.67. The van der Waals surface area contributed by atoms with E-state index in [9.17, 15) is 14.4 Å². The average molecular weight is 373 g/mol. The van der Waals surface area contributed by atoms with Gasteiger partial charge in [-0.2, -0.15) is 5.26 Å². The summed E-state index contributed by atoms with van der Waals surface area (Å²) >= 11 is 0. The van der Waals surface area contributed by atoms with Crippen molar-refractivity contribution in [3.63, 3.8) is 0 Å². The van der Waals surface area contributed by atoms with Gasteiger partial charge in [0.05, 0.1) is 28.5 Å². The second kappa shape index (κ2) is 9.72. The second-order valence-corrected chi connectivity index (χ2v) is 5.44. The highest BCUT2D eigenvalue weighted by Crippen LogP contribution is 2.12. The number of aromatic carboxylic acids is 3. The molecule has 0 fully saturated rings. The van der Waals surface area contributed by atoms with E-state index in [-0.39, 0.29) is 5.56 Å². The molecule has 0 aliphatic heterocycles. The molecule has 0 atom stereocenters. The maximum atomic E-state index is 10.6. The first-order chi connectivity index (χ1) is 12.7. The van der Waals surface area contributed by atoms with Crippen LogP contribution in [0, 0.1) is 18.3 Å². The third kappa shape index (κ3) is 5.97. The summed E-state index contributed by atoms with van der Waals surface area (Å²) in [7, 11) is 0. The molecule has 0 saturated carbocycles. The van der Waals surface area contributed by atoms with Crippen molar-refractivity contribution in [2.24, 2.45) is 0 Å². The van der Waals surface area contributed by atoms with Crippen LogP contribution in [0.2, 0.25) is 0 Å². The molecule has 0 saturated heterocycles. The van der Waals surface area contributed by atoms with Gasteiger partial charge in [0.25, 0.3) is 0 Å². The number of carbonyl (C=O) groups is 3. The lowest BCUT2D eigenvalue weighted by Crippen LogP contribution is -2.10. The van der Waals surface area contributed by atoms with Gasteiger partial charge in [0.1, 0.15) is 5.82 Å². The SMILES string of the molecule is CCc1nc(CCC#N)c(C)[nH]1.O=C(O)c1ccc(C(=O)O)c(C(=O)O)c1. The molecule has 0 amide bonds. The summed E-state index contributed by atoms with van der Waals surface area (Å²) in [6, 6.07) is 4.92. The lowest BCUT2D eigenvalue weighted by Gasteiger charge is -2.02. The maximum absolute atomic E-state index is 10.6. The molecule has 0 unspecified atom stereocenters. The molecule has 0 aliphatic rings. The van der Waals surface area contributed by atoms with E-state index in [1.165, 1.54) is 0 Å². The number of nitrogens with one attached hydrogen (secondary N) is 1. The van der Waals surface area contributed by atoms with E-state index in [1.54, 1.807) is 0 Å². The quantitative estimate of drug-likeness (QED) is 0.599. The normalized spacial score (nSPS) is 9.67. The molecule has 1 aromatic carbocycles. The summed E-state index contributed by atoms with van der Waals surface area (Å²) in [5.41, 5.74) is 0.891. The first-order valence-corrected chi connectivity index (χ1v) is 7.96. The number of carboxylic acid groups (broad SMARTS) is 3. The largest absolute Gasteiger partial charge is 0.478 e. The van der Waals surface area contributed by atoms with Crippen LogP contribution in [-0.2, 0) is 12.8 Å². The molecule has 0 aliphatic carbocycles. The summed E-state index contributed by atoms with van der Waals surface area (Å²) in [6.07, 6.45) is 2.24. The Balaban J connectivity index is 0.000000277. The van der Waals surface area contributed by atoms with Crippen LogP contribution in [0.3, 0.4) is 0 Å². The lowest BCUT2D eigenvalue weighted by molar-refractivity contribution is 0.0649. The Labute approximate surface area is 154 Å². The zero-order chi connectivity index (χ0) is 20.6. The number of rotatable bonds is 6. The van der Waals surface area contributed by atoms with E-state index in [1.807, 2.05) is 6.92 Å². The number of carboxylic acids is 3. The number of hydrogen-bond acceptors (Lipinski definition) is 5. The highest BCUT2D eigenvalue weighted by Gasteiger charge is 2.17. The van der Waals surface area contributed by atoms with Gasteiger partial charge in [0.15, 0.2) is 0 Å². The molecule has 2 rings (SSSR count). The number of H-pyrrole nitrogens is 1. The van der Waals surface area contributed by atoms with Crippen LogP contribution in [0.5, 0.6) is 0 Å². The highest BCUT2D eigenvalue weighted by atomic mass is 16.4.